The Morgan fingerprint density at radius 3 is 2.50 bits per heavy atom. The number of aryl methyl sites for hydroxylation is 1. The van der Waals surface area contributed by atoms with Crippen molar-refractivity contribution in [3.63, 3.8) is 0 Å². The largest absolute Gasteiger partial charge is 0.504 e. The number of aromatic hydroxyl groups is 1. The van der Waals surface area contributed by atoms with Gasteiger partial charge in [0.25, 0.3) is 5.91 Å². The minimum absolute atomic E-state index is 0.0513. The van der Waals surface area contributed by atoms with Gasteiger partial charge in [-0.1, -0.05) is 64.0 Å². The average molecular weight is 506 g/mol. The number of ether oxygens (including phenoxy) is 2. The number of unbranched alkanes of at least 4 members (excludes halogenated alkanes) is 8. The highest BCUT2D eigenvalue weighted by atomic mass is 16.5. The van der Waals surface area contributed by atoms with E-state index in [2.05, 4.69) is 24.4 Å². The molecule has 1 aromatic carbocycles. The zero-order chi connectivity index (χ0) is 26.6. The molecular formula is C29H47NO6. The number of aliphatic hydroxyl groups is 1. The van der Waals surface area contributed by atoms with Crippen LogP contribution in [0.4, 0.5) is 0 Å². The van der Waals surface area contributed by atoms with Crippen LogP contribution >= 0.6 is 0 Å². The summed E-state index contributed by atoms with van der Waals surface area (Å²) in [5, 5.41) is 22.4. The van der Waals surface area contributed by atoms with E-state index in [9.17, 15) is 19.8 Å². The van der Waals surface area contributed by atoms with E-state index in [4.69, 9.17) is 9.47 Å². The normalized spacial score (nSPS) is 12.0. The molecule has 0 saturated heterocycles. The second-order valence-electron chi connectivity index (χ2n) is 9.40. The number of phenolic OH excluding ortho intramolecular Hbond substituents is 1. The maximum atomic E-state index is 12.0. The Hall–Kier alpha value is -2.54. The highest BCUT2D eigenvalue weighted by molar-refractivity contribution is 5.80. The van der Waals surface area contributed by atoms with Gasteiger partial charge in [0.05, 0.1) is 13.2 Å². The second-order valence-corrected chi connectivity index (χ2v) is 9.40. The van der Waals surface area contributed by atoms with Crippen molar-refractivity contribution in [1.29, 1.82) is 0 Å². The minimum Gasteiger partial charge on any atom is -0.504 e. The molecule has 0 aliphatic carbocycles. The summed E-state index contributed by atoms with van der Waals surface area (Å²) in [6.45, 7) is 3.99. The number of hydrogen-bond donors (Lipinski definition) is 3. The Bertz CT molecular complexity index is 792. The van der Waals surface area contributed by atoms with Gasteiger partial charge >= 0.3 is 5.97 Å². The fraction of sp³-hybridized carbons (Fsp3) is 0.655. The number of hydrogen-bond acceptors (Lipinski definition) is 6. The minimum atomic E-state index is -0.369. The Morgan fingerprint density at radius 2 is 1.75 bits per heavy atom. The van der Waals surface area contributed by atoms with Crippen LogP contribution in [-0.4, -0.2) is 41.9 Å². The molecule has 0 spiro atoms. The number of methoxy groups -OCH3 is 1. The lowest BCUT2D eigenvalue weighted by Gasteiger charge is -2.11. The summed E-state index contributed by atoms with van der Waals surface area (Å²) in [5.41, 5.74) is 1.64. The molecule has 0 unspecified atom stereocenters. The van der Waals surface area contributed by atoms with Crippen molar-refractivity contribution in [1.82, 2.24) is 5.32 Å². The monoisotopic (exact) mass is 505 g/mol. The van der Waals surface area contributed by atoms with Crippen LogP contribution in [0.1, 0.15) is 102 Å². The number of carbonyl (C=O) groups is 2. The van der Waals surface area contributed by atoms with Crippen LogP contribution in [-0.2, 0) is 20.9 Å². The highest BCUT2D eigenvalue weighted by Gasteiger charge is 2.10. The van der Waals surface area contributed by atoms with Gasteiger partial charge in [0, 0.05) is 13.0 Å². The molecule has 1 aromatic rings. The van der Waals surface area contributed by atoms with E-state index in [1.165, 1.54) is 26.4 Å². The summed E-state index contributed by atoms with van der Waals surface area (Å²) in [6, 6.07) is 3.26. The summed E-state index contributed by atoms with van der Waals surface area (Å²) in [7, 11) is 1.47. The Labute approximate surface area is 217 Å². The summed E-state index contributed by atoms with van der Waals surface area (Å²) < 4.78 is 10.2. The molecule has 7 heteroatoms. The summed E-state index contributed by atoms with van der Waals surface area (Å²) in [4.78, 5) is 23.9. The molecule has 204 valence electrons. The van der Waals surface area contributed by atoms with Gasteiger partial charge in [-0.25, -0.2) is 0 Å². The fourth-order valence-corrected chi connectivity index (χ4v) is 3.89. The zero-order valence-corrected chi connectivity index (χ0v) is 22.5. The van der Waals surface area contributed by atoms with Crippen molar-refractivity contribution in [3.8, 4) is 11.5 Å². The van der Waals surface area contributed by atoms with Gasteiger partial charge < -0.3 is 25.0 Å². The van der Waals surface area contributed by atoms with Crippen LogP contribution < -0.4 is 10.1 Å². The summed E-state index contributed by atoms with van der Waals surface area (Å²) in [6.07, 6.45) is 16.8. The number of carbonyl (C=O) groups excluding carboxylic acids is 2. The first-order valence-corrected chi connectivity index (χ1v) is 13.5. The molecule has 0 bridgehead atoms. The molecule has 0 radical (unpaired) electrons. The van der Waals surface area contributed by atoms with Gasteiger partial charge in [-0.3, -0.25) is 9.59 Å². The second kappa shape index (κ2) is 19.6. The molecule has 3 N–H and O–H groups in total. The number of esters is 1. The first kappa shape index (κ1) is 31.5. The molecule has 1 amide bonds. The lowest BCUT2D eigenvalue weighted by molar-refractivity contribution is -0.148. The first-order valence-electron chi connectivity index (χ1n) is 13.5. The van der Waals surface area contributed by atoms with E-state index in [1.54, 1.807) is 12.1 Å². The van der Waals surface area contributed by atoms with Gasteiger partial charge in [-0.05, 0) is 62.3 Å². The summed E-state index contributed by atoms with van der Waals surface area (Å²) in [5.74, 6) is -0.331. The molecular weight excluding hydrogens is 458 g/mol. The van der Waals surface area contributed by atoms with Crippen molar-refractivity contribution in [2.24, 2.45) is 0 Å². The number of benzene rings is 1. The molecule has 0 aliphatic rings. The van der Waals surface area contributed by atoms with Crippen LogP contribution in [0.15, 0.2) is 24.3 Å². The van der Waals surface area contributed by atoms with Crippen molar-refractivity contribution < 1.29 is 29.3 Å². The number of amides is 1. The van der Waals surface area contributed by atoms with E-state index < -0.39 is 0 Å². The molecule has 0 aromatic heterocycles. The molecule has 1 rings (SSSR count). The highest BCUT2D eigenvalue weighted by Crippen LogP contribution is 2.29. The van der Waals surface area contributed by atoms with Crippen LogP contribution in [0, 0.1) is 6.92 Å². The average Bonchev–Trinajstić information content (AvgIpc) is 2.86. The smallest absolute Gasteiger partial charge is 0.306 e. The van der Waals surface area contributed by atoms with Crippen molar-refractivity contribution in [2.45, 2.75) is 110 Å². The lowest BCUT2D eigenvalue weighted by atomic mass is 10.1. The molecule has 36 heavy (non-hydrogen) atoms. The topological polar surface area (TPSA) is 105 Å². The molecule has 0 fully saturated rings. The predicted molar refractivity (Wildman–Crippen MR) is 143 cm³/mol. The summed E-state index contributed by atoms with van der Waals surface area (Å²) >= 11 is 0. The number of phenols is 1. The van der Waals surface area contributed by atoms with Gasteiger partial charge in [-0.15, -0.1) is 0 Å². The van der Waals surface area contributed by atoms with Crippen LogP contribution in [0.25, 0.3) is 0 Å². The van der Waals surface area contributed by atoms with E-state index in [-0.39, 0.29) is 36.9 Å². The molecule has 0 heterocycles. The predicted octanol–water partition coefficient (Wildman–Crippen LogP) is 5.88. The van der Waals surface area contributed by atoms with Gasteiger partial charge in [-0.2, -0.15) is 0 Å². The van der Waals surface area contributed by atoms with Crippen molar-refractivity contribution in [2.75, 3.05) is 13.7 Å². The van der Waals surface area contributed by atoms with Crippen LogP contribution in [0.3, 0.4) is 0 Å². The van der Waals surface area contributed by atoms with E-state index in [0.717, 1.165) is 68.9 Å². The first-order chi connectivity index (χ1) is 17.4. The molecule has 1 atom stereocenters. The van der Waals surface area contributed by atoms with Crippen molar-refractivity contribution >= 4 is 11.9 Å². The van der Waals surface area contributed by atoms with E-state index in [0.29, 0.717) is 12.2 Å². The van der Waals surface area contributed by atoms with E-state index in [1.807, 2.05) is 6.92 Å². The lowest BCUT2D eigenvalue weighted by Crippen LogP contribution is -2.28. The van der Waals surface area contributed by atoms with Crippen LogP contribution in [0.5, 0.6) is 11.5 Å². The third-order valence-corrected chi connectivity index (χ3v) is 6.20. The van der Waals surface area contributed by atoms with Gasteiger partial charge in [0.2, 0.25) is 0 Å². The third kappa shape index (κ3) is 14.8. The number of nitrogens with one attached hydrogen (secondary N) is 1. The van der Waals surface area contributed by atoms with Gasteiger partial charge in [0.15, 0.2) is 18.1 Å². The molecule has 0 saturated carbocycles. The maximum absolute atomic E-state index is 12.0. The fourth-order valence-electron chi connectivity index (χ4n) is 3.89. The Morgan fingerprint density at radius 1 is 1.03 bits per heavy atom. The number of allylic oxidation sites excluding steroid dienone is 1. The third-order valence-electron chi connectivity index (χ3n) is 6.20. The zero-order valence-electron chi connectivity index (χ0n) is 22.5. The number of aliphatic hydroxyl groups excluding tert-OH is 1. The molecule has 0 aliphatic heterocycles. The quantitative estimate of drug-likeness (QED) is 0.116. The van der Waals surface area contributed by atoms with Crippen LogP contribution in [0.2, 0.25) is 0 Å². The Kier molecular flexibility index (Phi) is 17.2. The molecule has 7 nitrogen and oxygen atoms in total. The number of rotatable bonds is 20. The Balaban J connectivity index is 2.03. The van der Waals surface area contributed by atoms with Crippen molar-refractivity contribution in [3.05, 3.63) is 35.4 Å². The van der Waals surface area contributed by atoms with E-state index >= 15 is 0 Å². The maximum Gasteiger partial charge on any atom is 0.306 e. The standard InChI is InChI=1S/C29H47NO6/c1-4-5-6-13-16-25(31)17-14-11-9-7-8-10-12-15-18-29(34)36-22-28(33)30-21-24-20-27(35-3)26(32)19-23(24)2/h11,14,19-20,25,31-32H,4-10,12-13,15-18,21-22H2,1-3H3,(H,30,33)/b14-11-/t25-/m1/s1. The SMILES string of the molecule is CCCCCC[C@@H](O)C/C=C\CCCCCCCC(=O)OCC(=O)NCc1cc(OC)c(O)cc1C. The van der Waals surface area contributed by atoms with Gasteiger partial charge in [0.1, 0.15) is 0 Å².